The summed E-state index contributed by atoms with van der Waals surface area (Å²) in [5, 5.41) is 5.55. The van der Waals surface area contributed by atoms with E-state index >= 15 is 0 Å². The van der Waals surface area contributed by atoms with Gasteiger partial charge in [-0.05, 0) is 39.0 Å². The van der Waals surface area contributed by atoms with Crippen molar-refractivity contribution in [1.82, 2.24) is 5.32 Å². The van der Waals surface area contributed by atoms with Crippen LogP contribution in [0.3, 0.4) is 0 Å². The van der Waals surface area contributed by atoms with Gasteiger partial charge in [-0.1, -0.05) is 28.4 Å². The van der Waals surface area contributed by atoms with Gasteiger partial charge in [0, 0.05) is 15.6 Å². The number of benzene rings is 1. The van der Waals surface area contributed by atoms with E-state index in [0.717, 1.165) is 12.1 Å². The van der Waals surface area contributed by atoms with E-state index < -0.39 is 29.9 Å². The van der Waals surface area contributed by atoms with Gasteiger partial charge in [-0.3, -0.25) is 5.32 Å². The maximum absolute atomic E-state index is 13.7. The van der Waals surface area contributed by atoms with E-state index in [4.69, 9.17) is 32.8 Å². The van der Waals surface area contributed by atoms with Crippen LogP contribution < -0.4 is 5.32 Å². The lowest BCUT2D eigenvalue weighted by molar-refractivity contribution is -0.275. The molecule has 1 aliphatic rings. The minimum atomic E-state index is -4.83. The molecule has 0 fully saturated rings. The Labute approximate surface area is 152 Å². The third-order valence-electron chi connectivity index (χ3n) is 3.16. The van der Waals surface area contributed by atoms with Crippen LogP contribution in [0.1, 0.15) is 32.8 Å². The monoisotopic (exact) mass is 398 g/mol. The number of hydrogen-bond donors (Lipinski definition) is 1. The molecule has 1 atom stereocenters. The molecule has 0 bridgehead atoms. The summed E-state index contributed by atoms with van der Waals surface area (Å²) in [6, 6.07) is 3.48. The Morgan fingerprint density at radius 3 is 2.28 bits per heavy atom. The summed E-state index contributed by atoms with van der Waals surface area (Å²) >= 11 is 11.6. The van der Waals surface area contributed by atoms with Crippen molar-refractivity contribution < 1.29 is 27.5 Å². The Hall–Kier alpha value is -1.67. The number of alkyl halides is 3. The van der Waals surface area contributed by atoms with Crippen molar-refractivity contribution in [1.29, 1.82) is 0 Å². The van der Waals surface area contributed by atoms with Crippen LogP contribution >= 0.6 is 23.2 Å². The number of halogens is 5. The molecule has 0 radical (unpaired) electrons. The number of nitrogens with one attached hydrogen (secondary N) is 1. The quantitative estimate of drug-likeness (QED) is 0.722. The Balaban J connectivity index is 2.27. The summed E-state index contributed by atoms with van der Waals surface area (Å²) in [7, 11) is 0. The molecule has 0 saturated heterocycles. The molecule has 1 heterocycles. The zero-order chi connectivity index (χ0) is 19.0. The van der Waals surface area contributed by atoms with Crippen LogP contribution in [0, 0.1) is 0 Å². The standard InChI is InChI=1S/C15H15Cl2F3N2O3/c1-13(2,3)24-12(23)21-11-7-14(25-22-11,15(18,19)20)8-4-9(16)6-10(17)5-8/h4-6H,7H2,1-3H3,(H,21,22,23). The Kier molecular flexibility index (Phi) is 5.16. The summed E-state index contributed by atoms with van der Waals surface area (Å²) in [5.41, 5.74) is -3.93. The lowest BCUT2D eigenvalue weighted by Crippen LogP contribution is -2.44. The summed E-state index contributed by atoms with van der Waals surface area (Å²) in [6.07, 6.45) is -6.52. The molecule has 1 aliphatic heterocycles. The van der Waals surface area contributed by atoms with Crippen LogP contribution in [-0.4, -0.2) is 23.7 Å². The highest BCUT2D eigenvalue weighted by atomic mass is 35.5. The lowest BCUT2D eigenvalue weighted by atomic mass is 9.89. The van der Waals surface area contributed by atoms with Gasteiger partial charge >= 0.3 is 12.3 Å². The van der Waals surface area contributed by atoms with Gasteiger partial charge in [0.25, 0.3) is 5.60 Å². The first kappa shape index (κ1) is 19.7. The predicted octanol–water partition coefficient (Wildman–Crippen LogP) is 5.01. The SMILES string of the molecule is CC(C)(C)OC(=O)NC1=NOC(c2cc(Cl)cc(Cl)c2)(C(F)(F)F)C1. The maximum Gasteiger partial charge on any atom is 0.435 e. The van der Waals surface area contributed by atoms with Crippen LogP contribution in [-0.2, 0) is 15.2 Å². The van der Waals surface area contributed by atoms with Crippen molar-refractivity contribution in [3.8, 4) is 0 Å². The Bertz CT molecular complexity index is 697. The van der Waals surface area contributed by atoms with Crippen LogP contribution in [0.25, 0.3) is 0 Å². The normalized spacial score (nSPS) is 20.7. The lowest BCUT2D eigenvalue weighted by Gasteiger charge is -2.29. The summed E-state index contributed by atoms with van der Waals surface area (Å²) in [4.78, 5) is 16.4. The van der Waals surface area contributed by atoms with E-state index in [0.29, 0.717) is 0 Å². The molecule has 1 aromatic carbocycles. The van der Waals surface area contributed by atoms with Gasteiger partial charge in [0.1, 0.15) is 5.60 Å². The van der Waals surface area contributed by atoms with Gasteiger partial charge in [0.05, 0.1) is 6.42 Å². The van der Waals surface area contributed by atoms with Crippen molar-refractivity contribution in [3.05, 3.63) is 33.8 Å². The van der Waals surface area contributed by atoms with E-state index in [2.05, 4.69) is 10.5 Å². The zero-order valence-corrected chi connectivity index (χ0v) is 15.0. The largest absolute Gasteiger partial charge is 0.444 e. The molecule has 1 N–H and O–H groups in total. The second kappa shape index (κ2) is 6.57. The highest BCUT2D eigenvalue weighted by molar-refractivity contribution is 6.34. The third-order valence-corrected chi connectivity index (χ3v) is 3.60. The molecule has 0 saturated carbocycles. The molecule has 2 rings (SSSR count). The minimum Gasteiger partial charge on any atom is -0.444 e. The zero-order valence-electron chi connectivity index (χ0n) is 13.5. The predicted molar refractivity (Wildman–Crippen MR) is 86.7 cm³/mol. The highest BCUT2D eigenvalue weighted by Crippen LogP contribution is 2.48. The van der Waals surface area contributed by atoms with E-state index in [1.807, 2.05) is 0 Å². The number of amides is 1. The van der Waals surface area contributed by atoms with Crippen LogP contribution in [0.15, 0.2) is 23.4 Å². The van der Waals surface area contributed by atoms with Crippen molar-refractivity contribution in [2.45, 2.75) is 44.6 Å². The van der Waals surface area contributed by atoms with Crippen LogP contribution in [0.5, 0.6) is 0 Å². The van der Waals surface area contributed by atoms with Gasteiger partial charge in [-0.15, -0.1) is 0 Å². The van der Waals surface area contributed by atoms with Crippen LogP contribution in [0.4, 0.5) is 18.0 Å². The first-order valence-corrected chi connectivity index (χ1v) is 7.86. The van der Waals surface area contributed by atoms with E-state index in [1.54, 1.807) is 20.8 Å². The summed E-state index contributed by atoms with van der Waals surface area (Å²) in [6.45, 7) is 4.86. The van der Waals surface area contributed by atoms with E-state index in [-0.39, 0.29) is 21.4 Å². The van der Waals surface area contributed by atoms with Crippen molar-refractivity contribution in [2.75, 3.05) is 0 Å². The van der Waals surface area contributed by atoms with Crippen LogP contribution in [0.2, 0.25) is 10.0 Å². The number of carbonyl (C=O) groups excluding carboxylic acids is 1. The second-order valence-corrected chi connectivity index (χ2v) is 7.29. The summed E-state index contributed by atoms with van der Waals surface area (Å²) < 4.78 is 46.1. The number of rotatable bonds is 1. The molecule has 0 aromatic heterocycles. The molecule has 0 aliphatic carbocycles. The van der Waals surface area contributed by atoms with Crippen molar-refractivity contribution in [3.63, 3.8) is 0 Å². The number of ether oxygens (including phenoxy) is 1. The summed E-state index contributed by atoms with van der Waals surface area (Å²) in [5.74, 6) is -0.317. The number of hydrogen-bond acceptors (Lipinski definition) is 4. The molecule has 5 nitrogen and oxygen atoms in total. The molecule has 0 spiro atoms. The molecule has 1 amide bonds. The fraction of sp³-hybridized carbons (Fsp3) is 0.467. The van der Waals surface area contributed by atoms with E-state index in [9.17, 15) is 18.0 Å². The average Bonchev–Trinajstić information content (AvgIpc) is 2.79. The smallest absolute Gasteiger partial charge is 0.435 e. The third kappa shape index (κ3) is 4.49. The number of carbonyl (C=O) groups is 1. The Morgan fingerprint density at radius 1 is 1.24 bits per heavy atom. The molecular formula is C15H15Cl2F3N2O3. The number of oxime groups is 1. The van der Waals surface area contributed by atoms with Gasteiger partial charge in [-0.2, -0.15) is 13.2 Å². The fourth-order valence-electron chi connectivity index (χ4n) is 2.18. The molecule has 25 heavy (non-hydrogen) atoms. The van der Waals surface area contributed by atoms with Gasteiger partial charge < -0.3 is 9.57 Å². The topological polar surface area (TPSA) is 59.9 Å². The Morgan fingerprint density at radius 2 is 1.80 bits per heavy atom. The first-order chi connectivity index (χ1) is 11.3. The first-order valence-electron chi connectivity index (χ1n) is 7.11. The number of amidine groups is 1. The molecule has 10 heteroatoms. The second-order valence-electron chi connectivity index (χ2n) is 6.42. The molecular weight excluding hydrogens is 384 g/mol. The maximum atomic E-state index is 13.7. The minimum absolute atomic E-state index is 0.0169. The number of nitrogens with zero attached hydrogens (tertiary/aromatic N) is 1. The van der Waals surface area contributed by atoms with E-state index in [1.165, 1.54) is 6.07 Å². The van der Waals surface area contributed by atoms with Crippen molar-refractivity contribution >= 4 is 35.1 Å². The molecule has 1 aromatic rings. The number of alkyl carbamates (subject to hydrolysis) is 1. The van der Waals surface area contributed by atoms with Gasteiger partial charge in [0.2, 0.25) is 0 Å². The average molecular weight is 399 g/mol. The fourth-order valence-corrected chi connectivity index (χ4v) is 2.71. The van der Waals surface area contributed by atoms with Gasteiger partial charge in [0.15, 0.2) is 5.84 Å². The highest BCUT2D eigenvalue weighted by Gasteiger charge is 2.62. The van der Waals surface area contributed by atoms with Crippen molar-refractivity contribution in [2.24, 2.45) is 5.16 Å². The molecule has 138 valence electrons. The molecule has 1 unspecified atom stereocenters. The van der Waals surface area contributed by atoms with Gasteiger partial charge in [-0.25, -0.2) is 4.79 Å².